The number of fused-ring (bicyclic) bond motifs is 3. The summed E-state index contributed by atoms with van der Waals surface area (Å²) in [7, 11) is 0. The molecular weight excluding hydrogens is 381 g/mol. The van der Waals surface area contributed by atoms with Crippen molar-refractivity contribution in [3.8, 4) is 11.1 Å². The first-order valence-corrected chi connectivity index (χ1v) is 8.84. The van der Waals surface area contributed by atoms with E-state index in [1.165, 1.54) is 23.1 Å². The number of hydrogen-bond acceptors (Lipinski definition) is 3. The number of carbonyl (C=O) groups excluding carboxylic acids is 1. The summed E-state index contributed by atoms with van der Waals surface area (Å²) in [5.74, 6) is 0. The first-order chi connectivity index (χ1) is 12.7. The lowest BCUT2D eigenvalue weighted by atomic mass is 9.90. The number of halogens is 4. The minimum Gasteiger partial charge on any atom is -0.372 e. The van der Waals surface area contributed by atoms with Gasteiger partial charge in [0.15, 0.2) is 0 Å². The highest BCUT2D eigenvalue weighted by atomic mass is 35.5. The fourth-order valence-corrected chi connectivity index (χ4v) is 4.06. The van der Waals surface area contributed by atoms with Crippen molar-refractivity contribution in [1.82, 2.24) is 4.90 Å². The van der Waals surface area contributed by atoms with Gasteiger partial charge < -0.3 is 14.9 Å². The normalized spacial score (nSPS) is 21.8. The van der Waals surface area contributed by atoms with E-state index in [0.717, 1.165) is 0 Å². The van der Waals surface area contributed by atoms with Gasteiger partial charge in [0.2, 0.25) is 5.60 Å². The first kappa shape index (κ1) is 18.1. The van der Waals surface area contributed by atoms with Crippen LogP contribution in [-0.2, 0) is 5.60 Å². The molecule has 1 fully saturated rings. The summed E-state index contributed by atoms with van der Waals surface area (Å²) in [5, 5.41) is 10.2. The number of anilines is 1. The van der Waals surface area contributed by atoms with E-state index in [2.05, 4.69) is 0 Å². The summed E-state index contributed by atoms with van der Waals surface area (Å²) >= 11 is 5.48. The lowest BCUT2D eigenvalue weighted by Crippen LogP contribution is -2.47. The molecule has 0 radical (unpaired) electrons. The Morgan fingerprint density at radius 2 is 1.63 bits per heavy atom. The van der Waals surface area contributed by atoms with Gasteiger partial charge in [-0.3, -0.25) is 4.79 Å². The maximum atomic E-state index is 13.9. The van der Waals surface area contributed by atoms with Gasteiger partial charge in [0.25, 0.3) is 0 Å². The largest absolute Gasteiger partial charge is 0.425 e. The van der Waals surface area contributed by atoms with Gasteiger partial charge in [0, 0.05) is 43.0 Å². The zero-order valence-electron chi connectivity index (χ0n) is 14.1. The number of amides is 1. The monoisotopic (exact) mass is 396 g/mol. The second-order valence-electron chi connectivity index (χ2n) is 6.71. The molecule has 4 rings (SSSR count). The number of alkyl halides is 3. The molecule has 1 N–H and O–H groups in total. The fraction of sp³-hybridized carbons (Fsp3) is 0.316. The van der Waals surface area contributed by atoms with E-state index in [0.29, 0.717) is 43.0 Å². The highest BCUT2D eigenvalue weighted by Gasteiger charge is 2.60. The van der Waals surface area contributed by atoms with Crippen molar-refractivity contribution in [2.24, 2.45) is 0 Å². The number of nitrogens with zero attached hydrogens (tertiary/aromatic N) is 2. The van der Waals surface area contributed by atoms with Crippen LogP contribution < -0.4 is 4.90 Å². The minimum absolute atomic E-state index is 0.151. The fourth-order valence-electron chi connectivity index (χ4n) is 3.89. The van der Waals surface area contributed by atoms with Crippen molar-refractivity contribution in [2.75, 3.05) is 31.1 Å². The maximum absolute atomic E-state index is 13.9. The molecule has 0 spiro atoms. The molecule has 1 aliphatic carbocycles. The molecule has 27 heavy (non-hydrogen) atoms. The molecule has 142 valence electrons. The summed E-state index contributed by atoms with van der Waals surface area (Å²) in [6.07, 6.45) is -4.85. The summed E-state index contributed by atoms with van der Waals surface area (Å²) in [6, 6.07) is 10.8. The van der Waals surface area contributed by atoms with Crippen molar-refractivity contribution in [2.45, 2.75) is 11.8 Å². The molecule has 4 nitrogen and oxygen atoms in total. The summed E-state index contributed by atoms with van der Waals surface area (Å²) in [6.45, 7) is 1.69. The Bertz CT molecular complexity index is 910. The number of benzene rings is 2. The quantitative estimate of drug-likeness (QED) is 0.586. The Hall–Kier alpha value is -2.25. The smallest absolute Gasteiger partial charge is 0.372 e. The Morgan fingerprint density at radius 3 is 2.26 bits per heavy atom. The Kier molecular flexibility index (Phi) is 4.12. The van der Waals surface area contributed by atoms with Crippen molar-refractivity contribution < 1.29 is 23.1 Å². The topological polar surface area (TPSA) is 43.8 Å². The van der Waals surface area contributed by atoms with E-state index < -0.39 is 17.1 Å². The van der Waals surface area contributed by atoms with E-state index >= 15 is 0 Å². The number of aliphatic hydroxyl groups is 1. The lowest BCUT2D eigenvalue weighted by molar-refractivity contribution is -0.246. The van der Waals surface area contributed by atoms with Crippen LogP contribution in [0.5, 0.6) is 0 Å². The SMILES string of the molecule is O=C(Cl)N1CCN(c2ccc3c(c2)C(O)(C(F)(F)F)c2ccccc2-3)CC1. The van der Waals surface area contributed by atoms with E-state index in [4.69, 9.17) is 11.6 Å². The third-order valence-electron chi connectivity index (χ3n) is 5.30. The predicted octanol–water partition coefficient (Wildman–Crippen LogP) is 3.95. The third-order valence-corrected chi connectivity index (χ3v) is 5.54. The van der Waals surface area contributed by atoms with Crippen LogP contribution in [0.4, 0.5) is 23.7 Å². The first-order valence-electron chi connectivity index (χ1n) is 8.46. The van der Waals surface area contributed by atoms with Crippen molar-refractivity contribution in [1.29, 1.82) is 0 Å². The Morgan fingerprint density at radius 1 is 1.00 bits per heavy atom. The maximum Gasteiger partial charge on any atom is 0.425 e. The molecule has 1 atom stereocenters. The molecule has 0 bridgehead atoms. The molecular formula is C19H16ClF3N2O2. The molecule has 0 saturated carbocycles. The van der Waals surface area contributed by atoms with Gasteiger partial charge in [-0.1, -0.05) is 30.3 Å². The highest BCUT2D eigenvalue weighted by Crippen LogP contribution is 2.55. The van der Waals surface area contributed by atoms with Gasteiger partial charge >= 0.3 is 11.5 Å². The Labute approximate surface area is 158 Å². The minimum atomic E-state index is -4.85. The molecule has 2 aromatic carbocycles. The van der Waals surface area contributed by atoms with E-state index in [1.54, 1.807) is 24.3 Å². The van der Waals surface area contributed by atoms with Crippen molar-refractivity contribution >= 4 is 22.7 Å². The zero-order valence-corrected chi connectivity index (χ0v) is 14.9. The highest BCUT2D eigenvalue weighted by molar-refractivity contribution is 6.62. The van der Waals surface area contributed by atoms with E-state index in [-0.39, 0.29) is 11.1 Å². The van der Waals surface area contributed by atoms with Crippen LogP contribution in [0.15, 0.2) is 42.5 Å². The average Bonchev–Trinajstić information content (AvgIpc) is 2.92. The van der Waals surface area contributed by atoms with E-state index in [9.17, 15) is 23.1 Å². The van der Waals surface area contributed by atoms with Gasteiger partial charge in [-0.2, -0.15) is 13.2 Å². The standard InChI is InChI=1S/C19H16ClF3N2O2/c20-17(26)25-9-7-24(8-10-25)12-5-6-14-13-3-1-2-4-15(13)18(27,16(14)11-12)19(21,22)23/h1-6,11,27H,7-10H2. The number of rotatable bonds is 1. The van der Waals surface area contributed by atoms with Gasteiger partial charge in [-0.25, -0.2) is 0 Å². The van der Waals surface area contributed by atoms with Crippen LogP contribution in [0.2, 0.25) is 0 Å². The second kappa shape index (κ2) is 6.14. The summed E-state index contributed by atoms with van der Waals surface area (Å²) in [5.41, 5.74) is -2.01. The Balaban J connectivity index is 1.75. The van der Waals surface area contributed by atoms with Gasteiger partial charge in [0.1, 0.15) is 0 Å². The predicted molar refractivity (Wildman–Crippen MR) is 96.0 cm³/mol. The van der Waals surface area contributed by atoms with E-state index in [1.807, 2.05) is 4.90 Å². The van der Waals surface area contributed by atoms with Crippen LogP contribution in [-0.4, -0.2) is 47.7 Å². The zero-order chi connectivity index (χ0) is 19.4. The average molecular weight is 397 g/mol. The molecule has 1 aliphatic heterocycles. The number of hydrogen-bond donors (Lipinski definition) is 1. The van der Waals surface area contributed by atoms with Crippen LogP contribution in [0.25, 0.3) is 11.1 Å². The number of carbonyl (C=O) groups is 1. The van der Waals surface area contributed by atoms with Crippen LogP contribution >= 0.6 is 11.6 Å². The molecule has 2 aromatic rings. The van der Waals surface area contributed by atoms with Crippen LogP contribution in [0.3, 0.4) is 0 Å². The van der Waals surface area contributed by atoms with Gasteiger partial charge in [0.05, 0.1) is 0 Å². The molecule has 1 saturated heterocycles. The van der Waals surface area contributed by atoms with Crippen molar-refractivity contribution in [3.63, 3.8) is 0 Å². The molecule has 2 aliphatic rings. The second-order valence-corrected chi connectivity index (χ2v) is 7.03. The van der Waals surface area contributed by atoms with Gasteiger partial charge in [-0.05, 0) is 34.9 Å². The lowest BCUT2D eigenvalue weighted by Gasteiger charge is -2.36. The molecule has 1 amide bonds. The van der Waals surface area contributed by atoms with Crippen molar-refractivity contribution in [3.05, 3.63) is 53.6 Å². The number of piperazine rings is 1. The van der Waals surface area contributed by atoms with Gasteiger partial charge in [-0.15, -0.1) is 0 Å². The molecule has 1 unspecified atom stereocenters. The molecule has 8 heteroatoms. The van der Waals surface area contributed by atoms with Crippen LogP contribution in [0, 0.1) is 0 Å². The summed E-state index contributed by atoms with van der Waals surface area (Å²) in [4.78, 5) is 14.6. The molecule has 0 aromatic heterocycles. The third kappa shape index (κ3) is 2.68. The van der Waals surface area contributed by atoms with Crippen LogP contribution in [0.1, 0.15) is 11.1 Å². The molecule has 1 heterocycles. The summed E-state index contributed by atoms with van der Waals surface area (Å²) < 4.78 is 41.7.